The van der Waals surface area contributed by atoms with Gasteiger partial charge in [0, 0.05) is 17.3 Å². The lowest BCUT2D eigenvalue weighted by molar-refractivity contribution is -0.124. The van der Waals surface area contributed by atoms with Gasteiger partial charge in [0.1, 0.15) is 30.6 Å². The van der Waals surface area contributed by atoms with Crippen LogP contribution in [0.15, 0.2) is 54.9 Å². The highest BCUT2D eigenvalue weighted by Crippen LogP contribution is 2.34. The van der Waals surface area contributed by atoms with Crippen molar-refractivity contribution in [3.05, 3.63) is 54.9 Å². The van der Waals surface area contributed by atoms with E-state index in [4.69, 9.17) is 19.4 Å². The van der Waals surface area contributed by atoms with Crippen LogP contribution in [0.5, 0.6) is 11.5 Å². The van der Waals surface area contributed by atoms with Crippen molar-refractivity contribution in [2.75, 3.05) is 25.2 Å². The van der Waals surface area contributed by atoms with E-state index >= 15 is 0 Å². The van der Waals surface area contributed by atoms with Crippen LogP contribution in [-0.2, 0) is 4.79 Å². The summed E-state index contributed by atoms with van der Waals surface area (Å²) in [6.07, 6.45) is 3.31. The number of ether oxygens (including phenoxy) is 2. The van der Waals surface area contributed by atoms with Crippen LogP contribution in [0, 0.1) is 0 Å². The minimum Gasteiger partial charge on any atom is -0.490 e. The smallest absolute Gasteiger partial charge is 0.258 e. The van der Waals surface area contributed by atoms with Gasteiger partial charge in [0.05, 0.1) is 22.8 Å². The molecule has 0 spiro atoms. The minimum atomic E-state index is -0.611. The number of carbonyl (C=O) groups excluding carboxylic acids is 1. The highest BCUT2D eigenvalue weighted by Gasteiger charge is 2.16. The molecule has 0 unspecified atom stereocenters. The van der Waals surface area contributed by atoms with Gasteiger partial charge >= 0.3 is 0 Å². The molecule has 182 valence electrons. The maximum atomic E-state index is 12.8. The number of amides is 1. The van der Waals surface area contributed by atoms with Gasteiger partial charge in [-0.25, -0.2) is 14.4 Å². The third-order valence-electron chi connectivity index (χ3n) is 4.76. The fourth-order valence-electron chi connectivity index (χ4n) is 3.42. The van der Waals surface area contributed by atoms with Crippen molar-refractivity contribution >= 4 is 28.3 Å². The molecular weight excluding hydrogens is 451 g/mol. The van der Waals surface area contributed by atoms with Crippen molar-refractivity contribution in [3.8, 4) is 22.9 Å². The molecule has 0 fully saturated rings. The van der Waals surface area contributed by atoms with Crippen molar-refractivity contribution in [1.29, 1.82) is 0 Å². The zero-order valence-corrected chi connectivity index (χ0v) is 19.8. The van der Waals surface area contributed by atoms with Gasteiger partial charge in [-0.3, -0.25) is 9.89 Å². The second-order valence-electron chi connectivity index (χ2n) is 8.81. The molecule has 2 heterocycles. The zero-order chi connectivity index (χ0) is 24.8. The molecule has 0 aliphatic rings. The van der Waals surface area contributed by atoms with E-state index < -0.39 is 6.67 Å². The molecule has 1 amide bonds. The van der Waals surface area contributed by atoms with Crippen LogP contribution < -0.4 is 20.1 Å². The monoisotopic (exact) mass is 478 g/mol. The number of hydrogen-bond donors (Lipinski definition) is 3. The fourth-order valence-corrected chi connectivity index (χ4v) is 3.42. The molecule has 0 aliphatic heterocycles. The number of alkyl halides is 1. The molecule has 0 radical (unpaired) electrons. The predicted molar refractivity (Wildman–Crippen MR) is 132 cm³/mol. The Morgan fingerprint density at radius 1 is 1.11 bits per heavy atom. The van der Waals surface area contributed by atoms with E-state index in [2.05, 4.69) is 20.8 Å². The molecule has 3 N–H and O–H groups in total. The number of rotatable bonds is 9. The summed E-state index contributed by atoms with van der Waals surface area (Å²) < 4.78 is 24.1. The van der Waals surface area contributed by atoms with Crippen LogP contribution in [-0.4, -0.2) is 51.5 Å². The number of aromatic nitrogens is 4. The number of fused-ring (bicyclic) bond motifs is 1. The fraction of sp³-hybridized carbons (Fsp3) is 0.280. The van der Waals surface area contributed by atoms with E-state index in [0.29, 0.717) is 45.3 Å². The van der Waals surface area contributed by atoms with Gasteiger partial charge < -0.3 is 20.1 Å². The number of H-pyrrole nitrogens is 1. The molecule has 9 nitrogen and oxygen atoms in total. The largest absolute Gasteiger partial charge is 0.490 e. The molecule has 4 rings (SSSR count). The van der Waals surface area contributed by atoms with Crippen molar-refractivity contribution < 1.29 is 18.7 Å². The third kappa shape index (κ3) is 6.23. The molecule has 10 heteroatoms. The maximum absolute atomic E-state index is 12.8. The van der Waals surface area contributed by atoms with Crippen molar-refractivity contribution in [1.82, 2.24) is 25.5 Å². The summed E-state index contributed by atoms with van der Waals surface area (Å²) in [5.74, 6) is 1.70. The Kier molecular flexibility index (Phi) is 7.09. The van der Waals surface area contributed by atoms with E-state index in [1.807, 2.05) is 39.0 Å². The van der Waals surface area contributed by atoms with Crippen LogP contribution in [0.4, 0.5) is 15.9 Å². The van der Waals surface area contributed by atoms with Gasteiger partial charge in [-0.2, -0.15) is 5.10 Å². The average Bonchev–Trinajstić information content (AvgIpc) is 3.33. The van der Waals surface area contributed by atoms with Crippen LogP contribution >= 0.6 is 0 Å². The molecule has 0 atom stereocenters. The van der Waals surface area contributed by atoms with E-state index in [1.54, 1.807) is 36.7 Å². The minimum absolute atomic E-state index is 0.0752. The van der Waals surface area contributed by atoms with Crippen LogP contribution in [0.25, 0.3) is 22.3 Å². The Balaban J connectivity index is 1.68. The first-order valence-corrected chi connectivity index (χ1v) is 11.1. The van der Waals surface area contributed by atoms with Crippen LogP contribution in [0.3, 0.4) is 0 Å². The summed E-state index contributed by atoms with van der Waals surface area (Å²) >= 11 is 0. The van der Waals surface area contributed by atoms with Gasteiger partial charge in [0.2, 0.25) is 0 Å². The normalized spacial score (nSPS) is 11.3. The Bertz CT molecular complexity index is 1300. The van der Waals surface area contributed by atoms with Gasteiger partial charge in [0.25, 0.3) is 5.91 Å². The first kappa shape index (κ1) is 23.9. The molecule has 2 aromatic heterocycles. The summed E-state index contributed by atoms with van der Waals surface area (Å²) in [4.78, 5) is 21.6. The van der Waals surface area contributed by atoms with Crippen molar-refractivity contribution in [3.63, 3.8) is 0 Å². The van der Waals surface area contributed by atoms with Crippen LogP contribution in [0.2, 0.25) is 0 Å². The number of nitrogens with zero attached hydrogens (tertiary/aromatic N) is 3. The summed E-state index contributed by atoms with van der Waals surface area (Å²) in [6, 6.07) is 12.6. The Labute approximate surface area is 202 Å². The van der Waals surface area contributed by atoms with E-state index in [0.717, 1.165) is 0 Å². The van der Waals surface area contributed by atoms with Gasteiger partial charge in [-0.15, -0.1) is 0 Å². The number of hydrogen-bond acceptors (Lipinski definition) is 7. The second-order valence-corrected chi connectivity index (χ2v) is 8.81. The molecule has 0 saturated carbocycles. The number of halogens is 1. The summed E-state index contributed by atoms with van der Waals surface area (Å²) in [5, 5.41) is 13.4. The number of anilines is 2. The Hall–Kier alpha value is -4.21. The lowest BCUT2D eigenvalue weighted by Crippen LogP contribution is -2.43. The number of nitrogens with one attached hydrogen (secondary N) is 3. The first-order valence-electron chi connectivity index (χ1n) is 11.1. The highest BCUT2D eigenvalue weighted by atomic mass is 19.1. The predicted octanol–water partition coefficient (Wildman–Crippen LogP) is 4.41. The van der Waals surface area contributed by atoms with Crippen molar-refractivity contribution in [2.45, 2.75) is 26.3 Å². The number of carbonyl (C=O) groups is 1. The van der Waals surface area contributed by atoms with Gasteiger partial charge in [-0.1, -0.05) is 18.2 Å². The Morgan fingerprint density at radius 3 is 2.69 bits per heavy atom. The number of benzene rings is 2. The molecule has 0 saturated heterocycles. The van der Waals surface area contributed by atoms with E-state index in [9.17, 15) is 9.18 Å². The van der Waals surface area contributed by atoms with Crippen molar-refractivity contribution in [2.24, 2.45) is 0 Å². The molecule has 0 bridgehead atoms. The zero-order valence-electron chi connectivity index (χ0n) is 19.8. The van der Waals surface area contributed by atoms with Crippen LogP contribution in [0.1, 0.15) is 20.8 Å². The average molecular weight is 479 g/mol. The SMILES string of the molecule is CC(C)(C)NC(=O)COc1cccc(-c2nc(Nc3cn[nH]c3)c3c(OCCF)cccc3n2)c1. The standard InChI is InChI=1S/C25H27FN6O3/c1-25(2,3)32-21(33)15-35-18-7-4-6-16(12-18)23-30-19-8-5-9-20(34-11-10-26)22(19)24(31-23)29-17-13-27-28-14-17/h4-9,12-14H,10-11,15H2,1-3H3,(H,27,28)(H,32,33)(H,29,30,31). The molecule has 0 aliphatic carbocycles. The lowest BCUT2D eigenvalue weighted by Gasteiger charge is -2.20. The van der Waals surface area contributed by atoms with E-state index in [-0.39, 0.29) is 24.7 Å². The highest BCUT2D eigenvalue weighted by molar-refractivity contribution is 5.97. The molecule has 4 aromatic rings. The third-order valence-corrected chi connectivity index (χ3v) is 4.76. The van der Waals surface area contributed by atoms with E-state index in [1.165, 1.54) is 0 Å². The quantitative estimate of drug-likeness (QED) is 0.327. The Morgan fingerprint density at radius 2 is 1.94 bits per heavy atom. The topological polar surface area (TPSA) is 114 Å². The second kappa shape index (κ2) is 10.4. The summed E-state index contributed by atoms with van der Waals surface area (Å²) in [7, 11) is 0. The lowest BCUT2D eigenvalue weighted by atomic mass is 10.1. The summed E-state index contributed by atoms with van der Waals surface area (Å²) in [6.45, 7) is 4.93. The van der Waals surface area contributed by atoms with Gasteiger partial charge in [-0.05, 0) is 45.0 Å². The maximum Gasteiger partial charge on any atom is 0.258 e. The molecule has 35 heavy (non-hydrogen) atoms. The first-order chi connectivity index (χ1) is 16.8. The number of aromatic amines is 1. The van der Waals surface area contributed by atoms with Gasteiger partial charge in [0.15, 0.2) is 12.4 Å². The summed E-state index contributed by atoms with van der Waals surface area (Å²) in [5.41, 5.74) is 1.67. The molecular formula is C25H27FN6O3. The molecule has 2 aromatic carbocycles.